The summed E-state index contributed by atoms with van der Waals surface area (Å²) in [4.78, 5) is 11.8. The zero-order valence-electron chi connectivity index (χ0n) is 6.66. The summed E-state index contributed by atoms with van der Waals surface area (Å²) in [7, 11) is 0. The van der Waals surface area contributed by atoms with E-state index in [4.69, 9.17) is 10.8 Å². The van der Waals surface area contributed by atoms with Crippen LogP contribution in [0.2, 0.25) is 0 Å². The zero-order valence-corrected chi connectivity index (χ0v) is 6.66. The van der Waals surface area contributed by atoms with Crippen molar-refractivity contribution in [1.82, 2.24) is 4.90 Å². The van der Waals surface area contributed by atoms with Crippen LogP contribution in [-0.4, -0.2) is 28.8 Å². The first-order valence-electron chi connectivity index (χ1n) is 3.90. The fourth-order valence-electron chi connectivity index (χ4n) is 1.47. The quantitative estimate of drug-likeness (QED) is 0.589. The summed E-state index contributed by atoms with van der Waals surface area (Å²) >= 11 is 0. The largest absolute Gasteiger partial charge is 0.465 e. The molecular formula is C7H14N2O2. The predicted octanol–water partition coefficient (Wildman–Crippen LogP) is 0.681. The molecule has 1 rings (SSSR count). The van der Waals surface area contributed by atoms with E-state index in [1.807, 2.05) is 0 Å². The maximum atomic E-state index is 10.5. The lowest BCUT2D eigenvalue weighted by Gasteiger charge is -2.16. The summed E-state index contributed by atoms with van der Waals surface area (Å²) in [5.41, 5.74) is 5.59. The lowest BCUT2D eigenvalue weighted by Crippen LogP contribution is -2.40. The van der Waals surface area contributed by atoms with Gasteiger partial charge < -0.3 is 10.8 Å². The Balaban J connectivity index is 2.51. The van der Waals surface area contributed by atoms with Crippen LogP contribution in [0, 0.1) is 5.92 Å². The van der Waals surface area contributed by atoms with Crippen molar-refractivity contribution in [3.05, 3.63) is 0 Å². The van der Waals surface area contributed by atoms with Gasteiger partial charge in [0.1, 0.15) is 0 Å². The van der Waals surface area contributed by atoms with Crippen LogP contribution < -0.4 is 5.73 Å². The van der Waals surface area contributed by atoms with E-state index in [-0.39, 0.29) is 6.17 Å². The number of nitrogens with two attached hydrogens (primary N) is 1. The highest BCUT2D eigenvalue weighted by molar-refractivity contribution is 5.65. The molecule has 1 amide bonds. The van der Waals surface area contributed by atoms with Gasteiger partial charge in [0.15, 0.2) is 0 Å². The topological polar surface area (TPSA) is 66.6 Å². The van der Waals surface area contributed by atoms with E-state index in [0.717, 1.165) is 12.8 Å². The summed E-state index contributed by atoms with van der Waals surface area (Å²) in [6.45, 7) is 2.66. The molecule has 0 bridgehead atoms. The van der Waals surface area contributed by atoms with E-state index in [1.54, 1.807) is 0 Å². The van der Waals surface area contributed by atoms with E-state index < -0.39 is 6.09 Å². The third-order valence-corrected chi connectivity index (χ3v) is 2.25. The van der Waals surface area contributed by atoms with E-state index >= 15 is 0 Å². The molecule has 2 unspecified atom stereocenters. The molecule has 4 heteroatoms. The molecule has 0 radical (unpaired) electrons. The van der Waals surface area contributed by atoms with E-state index in [9.17, 15) is 4.79 Å². The molecule has 1 saturated heterocycles. The molecule has 1 fully saturated rings. The fourth-order valence-corrected chi connectivity index (χ4v) is 1.47. The fraction of sp³-hybridized carbons (Fsp3) is 0.857. The van der Waals surface area contributed by atoms with Crippen LogP contribution in [0.3, 0.4) is 0 Å². The van der Waals surface area contributed by atoms with Gasteiger partial charge in [-0.1, -0.05) is 13.3 Å². The van der Waals surface area contributed by atoms with Crippen molar-refractivity contribution >= 4 is 6.09 Å². The van der Waals surface area contributed by atoms with Crippen LogP contribution >= 0.6 is 0 Å². The van der Waals surface area contributed by atoms with Crippen LogP contribution in [0.5, 0.6) is 0 Å². The minimum absolute atomic E-state index is 0.280. The highest BCUT2D eigenvalue weighted by Crippen LogP contribution is 2.22. The van der Waals surface area contributed by atoms with Crippen molar-refractivity contribution in [3.8, 4) is 0 Å². The van der Waals surface area contributed by atoms with Crippen molar-refractivity contribution in [3.63, 3.8) is 0 Å². The molecule has 1 aliphatic rings. The van der Waals surface area contributed by atoms with Gasteiger partial charge in [-0.2, -0.15) is 0 Å². The summed E-state index contributed by atoms with van der Waals surface area (Å²) in [5.74, 6) is 0.459. The average molecular weight is 158 g/mol. The Morgan fingerprint density at radius 3 is 2.73 bits per heavy atom. The number of carboxylic acid groups (broad SMARTS) is 1. The Bertz CT molecular complexity index is 161. The van der Waals surface area contributed by atoms with Crippen LogP contribution in [-0.2, 0) is 0 Å². The lowest BCUT2D eigenvalue weighted by atomic mass is 10.1. The monoisotopic (exact) mass is 158 g/mol. The van der Waals surface area contributed by atoms with Gasteiger partial charge in [-0.3, -0.25) is 4.90 Å². The molecule has 0 aromatic rings. The molecule has 64 valence electrons. The minimum atomic E-state index is -0.895. The Morgan fingerprint density at radius 2 is 2.45 bits per heavy atom. The average Bonchev–Trinajstić information content (AvgIpc) is 2.30. The summed E-state index contributed by atoms with van der Waals surface area (Å²) in [6, 6.07) is 0. The van der Waals surface area contributed by atoms with Crippen molar-refractivity contribution in [2.75, 3.05) is 6.54 Å². The molecule has 0 spiro atoms. The van der Waals surface area contributed by atoms with E-state index in [0.29, 0.717) is 12.5 Å². The molecule has 0 aromatic carbocycles. The van der Waals surface area contributed by atoms with Gasteiger partial charge in [0.05, 0.1) is 6.17 Å². The first-order chi connectivity index (χ1) is 5.15. The Morgan fingerprint density at radius 1 is 1.82 bits per heavy atom. The van der Waals surface area contributed by atoms with Gasteiger partial charge in [-0.05, 0) is 12.3 Å². The summed E-state index contributed by atoms with van der Waals surface area (Å²) in [5, 5.41) is 8.64. The molecule has 2 atom stereocenters. The van der Waals surface area contributed by atoms with Crippen LogP contribution in [0.1, 0.15) is 19.8 Å². The zero-order chi connectivity index (χ0) is 8.43. The second kappa shape index (κ2) is 3.09. The third-order valence-electron chi connectivity index (χ3n) is 2.25. The first-order valence-corrected chi connectivity index (χ1v) is 3.90. The van der Waals surface area contributed by atoms with Gasteiger partial charge in [0.2, 0.25) is 0 Å². The number of hydrogen-bond acceptors (Lipinski definition) is 2. The van der Waals surface area contributed by atoms with Crippen LogP contribution in [0.4, 0.5) is 4.79 Å². The number of likely N-dealkylation sites (tertiary alicyclic amines) is 1. The Labute approximate surface area is 66.0 Å². The maximum Gasteiger partial charge on any atom is 0.408 e. The predicted molar refractivity (Wildman–Crippen MR) is 41.1 cm³/mol. The van der Waals surface area contributed by atoms with E-state index in [2.05, 4.69) is 6.92 Å². The second-order valence-corrected chi connectivity index (χ2v) is 3.01. The number of hydrogen-bond donors (Lipinski definition) is 2. The van der Waals surface area contributed by atoms with Crippen molar-refractivity contribution in [2.45, 2.75) is 25.9 Å². The van der Waals surface area contributed by atoms with Crippen LogP contribution in [0.25, 0.3) is 0 Å². The second-order valence-electron chi connectivity index (χ2n) is 3.01. The Hall–Kier alpha value is -0.770. The molecule has 0 aliphatic carbocycles. The van der Waals surface area contributed by atoms with Gasteiger partial charge in [0, 0.05) is 6.54 Å². The normalized spacial score (nSPS) is 30.9. The highest BCUT2D eigenvalue weighted by Gasteiger charge is 2.31. The number of amides is 1. The molecular weight excluding hydrogens is 144 g/mol. The Kier molecular flexibility index (Phi) is 2.34. The van der Waals surface area contributed by atoms with Gasteiger partial charge in [0.25, 0.3) is 0 Å². The third kappa shape index (κ3) is 1.63. The molecule has 1 heterocycles. The van der Waals surface area contributed by atoms with Gasteiger partial charge in [-0.25, -0.2) is 4.79 Å². The van der Waals surface area contributed by atoms with Crippen molar-refractivity contribution in [1.29, 1.82) is 0 Å². The highest BCUT2D eigenvalue weighted by atomic mass is 16.4. The molecule has 0 saturated carbocycles. The summed E-state index contributed by atoms with van der Waals surface area (Å²) < 4.78 is 0. The van der Waals surface area contributed by atoms with Crippen LogP contribution in [0.15, 0.2) is 0 Å². The number of carbonyl (C=O) groups is 1. The molecule has 1 aliphatic heterocycles. The number of rotatable bonds is 1. The minimum Gasteiger partial charge on any atom is -0.465 e. The number of nitrogens with zero attached hydrogens (tertiary/aromatic N) is 1. The van der Waals surface area contributed by atoms with E-state index in [1.165, 1.54) is 4.90 Å². The molecule has 11 heavy (non-hydrogen) atoms. The van der Waals surface area contributed by atoms with Crippen molar-refractivity contribution in [2.24, 2.45) is 11.7 Å². The lowest BCUT2D eigenvalue weighted by molar-refractivity contribution is 0.140. The smallest absolute Gasteiger partial charge is 0.408 e. The molecule has 3 N–H and O–H groups in total. The first kappa shape index (κ1) is 8.33. The molecule has 4 nitrogen and oxygen atoms in total. The maximum absolute atomic E-state index is 10.5. The summed E-state index contributed by atoms with van der Waals surface area (Å²) in [6.07, 6.45) is 0.645. The molecule has 0 aromatic heterocycles. The van der Waals surface area contributed by atoms with Gasteiger partial charge in [-0.15, -0.1) is 0 Å². The van der Waals surface area contributed by atoms with Crippen molar-refractivity contribution < 1.29 is 9.90 Å². The van der Waals surface area contributed by atoms with Gasteiger partial charge >= 0.3 is 6.09 Å². The SMILES string of the molecule is CCC1CC(N)N(C(=O)O)C1. The standard InChI is InChI=1S/C7H14N2O2/c1-2-5-3-6(8)9(4-5)7(10)11/h5-6H,2-4,8H2,1H3,(H,10,11).